The maximum absolute atomic E-state index is 13.6. The van der Waals surface area contributed by atoms with Crippen LogP contribution in [-0.4, -0.2) is 15.7 Å². The first kappa shape index (κ1) is 16.8. The van der Waals surface area contributed by atoms with E-state index in [2.05, 4.69) is 10.4 Å². The average molecular weight is 341 g/mol. The molecule has 3 rings (SSSR count). The maximum Gasteiger partial charge on any atom is 0.272 e. The van der Waals surface area contributed by atoms with Crippen molar-refractivity contribution < 1.29 is 13.6 Å². The zero-order valence-electron chi connectivity index (χ0n) is 13.7. The minimum absolute atomic E-state index is 0.0692. The standard InChI is InChI=1S/C19H17F2N3O/c1-2-24-18(13-7-5-8-15(20)10-13)11-17(23-24)19(25)22-12-14-6-3-4-9-16(14)21/h3-11H,2,12H2,1H3,(H,22,25). The predicted octanol–water partition coefficient (Wildman–Crippen LogP) is 3.78. The normalized spacial score (nSPS) is 10.7. The predicted molar refractivity (Wildman–Crippen MR) is 90.9 cm³/mol. The van der Waals surface area contributed by atoms with Crippen LogP contribution in [0.1, 0.15) is 23.0 Å². The quantitative estimate of drug-likeness (QED) is 0.768. The summed E-state index contributed by atoms with van der Waals surface area (Å²) < 4.78 is 28.7. The molecule has 1 heterocycles. The lowest BCUT2D eigenvalue weighted by Crippen LogP contribution is -2.24. The van der Waals surface area contributed by atoms with Gasteiger partial charge in [0.1, 0.15) is 11.6 Å². The summed E-state index contributed by atoms with van der Waals surface area (Å²) >= 11 is 0. The van der Waals surface area contributed by atoms with Gasteiger partial charge in [-0.3, -0.25) is 9.48 Å². The minimum Gasteiger partial charge on any atom is -0.346 e. The molecule has 0 radical (unpaired) electrons. The Morgan fingerprint density at radius 3 is 2.64 bits per heavy atom. The summed E-state index contributed by atoms with van der Waals surface area (Å²) in [7, 11) is 0. The molecule has 1 aromatic heterocycles. The summed E-state index contributed by atoms with van der Waals surface area (Å²) in [6.07, 6.45) is 0. The van der Waals surface area contributed by atoms with E-state index >= 15 is 0 Å². The number of hydrogen-bond acceptors (Lipinski definition) is 2. The number of carbonyl (C=O) groups is 1. The Kier molecular flexibility index (Phi) is 4.88. The van der Waals surface area contributed by atoms with Crippen LogP contribution in [0.4, 0.5) is 8.78 Å². The van der Waals surface area contributed by atoms with Crippen LogP contribution in [0.15, 0.2) is 54.6 Å². The maximum atomic E-state index is 13.6. The Labute approximate surface area is 144 Å². The van der Waals surface area contributed by atoms with Crippen LogP contribution < -0.4 is 5.32 Å². The average Bonchev–Trinajstić information content (AvgIpc) is 3.05. The molecule has 1 N–H and O–H groups in total. The van der Waals surface area contributed by atoms with E-state index in [9.17, 15) is 13.6 Å². The number of nitrogens with zero attached hydrogens (tertiary/aromatic N) is 2. The van der Waals surface area contributed by atoms with Crippen molar-refractivity contribution in [2.75, 3.05) is 0 Å². The Balaban J connectivity index is 1.81. The lowest BCUT2D eigenvalue weighted by molar-refractivity contribution is 0.0944. The number of hydrogen-bond donors (Lipinski definition) is 1. The number of aryl methyl sites for hydroxylation is 1. The molecule has 0 saturated heterocycles. The van der Waals surface area contributed by atoms with Crippen molar-refractivity contribution in [2.24, 2.45) is 0 Å². The van der Waals surface area contributed by atoms with Gasteiger partial charge >= 0.3 is 0 Å². The fraction of sp³-hybridized carbons (Fsp3) is 0.158. The first-order valence-corrected chi connectivity index (χ1v) is 7.94. The van der Waals surface area contributed by atoms with Gasteiger partial charge in [-0.1, -0.05) is 30.3 Å². The van der Waals surface area contributed by atoms with E-state index in [4.69, 9.17) is 0 Å². The van der Waals surface area contributed by atoms with Crippen LogP contribution >= 0.6 is 0 Å². The molecule has 0 fully saturated rings. The van der Waals surface area contributed by atoms with Gasteiger partial charge in [0.05, 0.1) is 5.69 Å². The largest absolute Gasteiger partial charge is 0.346 e. The fourth-order valence-corrected chi connectivity index (χ4v) is 2.56. The lowest BCUT2D eigenvalue weighted by Gasteiger charge is -2.04. The number of amides is 1. The Morgan fingerprint density at radius 1 is 1.12 bits per heavy atom. The molecule has 3 aromatic rings. The highest BCUT2D eigenvalue weighted by Crippen LogP contribution is 2.21. The number of benzene rings is 2. The van der Waals surface area contributed by atoms with Gasteiger partial charge in [-0.25, -0.2) is 8.78 Å². The van der Waals surface area contributed by atoms with Crippen molar-refractivity contribution in [3.05, 3.63) is 77.5 Å². The van der Waals surface area contributed by atoms with E-state index in [1.807, 2.05) is 6.92 Å². The third kappa shape index (κ3) is 3.74. The molecular weight excluding hydrogens is 324 g/mol. The number of aromatic nitrogens is 2. The van der Waals surface area contributed by atoms with Gasteiger partial charge in [0.2, 0.25) is 0 Å². The lowest BCUT2D eigenvalue weighted by atomic mass is 10.1. The SMILES string of the molecule is CCn1nc(C(=O)NCc2ccccc2F)cc1-c1cccc(F)c1. The van der Waals surface area contributed by atoms with Crippen molar-refractivity contribution in [1.82, 2.24) is 15.1 Å². The Morgan fingerprint density at radius 2 is 1.92 bits per heavy atom. The zero-order chi connectivity index (χ0) is 17.8. The van der Waals surface area contributed by atoms with Crippen LogP contribution in [0.5, 0.6) is 0 Å². The number of carbonyl (C=O) groups excluding carboxylic acids is 1. The second-order valence-corrected chi connectivity index (χ2v) is 5.52. The molecule has 25 heavy (non-hydrogen) atoms. The molecule has 0 atom stereocenters. The van der Waals surface area contributed by atoms with Crippen LogP contribution in [0.25, 0.3) is 11.3 Å². The van der Waals surface area contributed by atoms with E-state index in [-0.39, 0.29) is 23.9 Å². The molecule has 0 spiro atoms. The number of nitrogens with one attached hydrogen (secondary N) is 1. The summed E-state index contributed by atoms with van der Waals surface area (Å²) in [5.74, 6) is -1.14. The molecule has 4 nitrogen and oxygen atoms in total. The molecule has 0 saturated carbocycles. The topological polar surface area (TPSA) is 46.9 Å². The summed E-state index contributed by atoms with van der Waals surface area (Å²) in [6, 6.07) is 14.0. The first-order chi connectivity index (χ1) is 12.1. The molecule has 0 unspecified atom stereocenters. The monoisotopic (exact) mass is 341 g/mol. The van der Waals surface area contributed by atoms with E-state index in [1.165, 1.54) is 18.2 Å². The van der Waals surface area contributed by atoms with E-state index in [1.54, 1.807) is 41.1 Å². The molecule has 128 valence electrons. The van der Waals surface area contributed by atoms with Crippen LogP contribution in [0.2, 0.25) is 0 Å². The highest BCUT2D eigenvalue weighted by atomic mass is 19.1. The Bertz CT molecular complexity index is 905. The van der Waals surface area contributed by atoms with Crippen molar-refractivity contribution in [2.45, 2.75) is 20.0 Å². The van der Waals surface area contributed by atoms with Gasteiger partial charge in [-0.15, -0.1) is 0 Å². The minimum atomic E-state index is -0.409. The summed E-state index contributed by atoms with van der Waals surface area (Å²) in [5, 5.41) is 6.91. The smallest absolute Gasteiger partial charge is 0.272 e. The summed E-state index contributed by atoms with van der Waals surface area (Å²) in [4.78, 5) is 12.3. The molecule has 0 aliphatic heterocycles. The van der Waals surface area contributed by atoms with E-state index < -0.39 is 5.91 Å². The van der Waals surface area contributed by atoms with Crippen molar-refractivity contribution in [1.29, 1.82) is 0 Å². The molecule has 6 heteroatoms. The molecule has 2 aromatic carbocycles. The van der Waals surface area contributed by atoms with Gasteiger partial charge in [0.25, 0.3) is 5.91 Å². The first-order valence-electron chi connectivity index (χ1n) is 7.94. The molecular formula is C19H17F2N3O. The summed E-state index contributed by atoms with van der Waals surface area (Å²) in [6.45, 7) is 2.49. The second kappa shape index (κ2) is 7.25. The van der Waals surface area contributed by atoms with Gasteiger partial charge in [0.15, 0.2) is 5.69 Å². The van der Waals surface area contributed by atoms with Crippen LogP contribution in [-0.2, 0) is 13.1 Å². The zero-order valence-corrected chi connectivity index (χ0v) is 13.7. The third-order valence-corrected chi connectivity index (χ3v) is 3.83. The van der Waals surface area contributed by atoms with Crippen molar-refractivity contribution >= 4 is 5.91 Å². The number of rotatable bonds is 5. The summed E-state index contributed by atoms with van der Waals surface area (Å²) in [5.41, 5.74) is 1.90. The van der Waals surface area contributed by atoms with Crippen LogP contribution in [0.3, 0.4) is 0 Å². The van der Waals surface area contributed by atoms with Gasteiger partial charge in [-0.05, 0) is 31.2 Å². The number of halogens is 2. The second-order valence-electron chi connectivity index (χ2n) is 5.52. The van der Waals surface area contributed by atoms with Gasteiger partial charge < -0.3 is 5.32 Å². The molecule has 0 aliphatic carbocycles. The van der Waals surface area contributed by atoms with E-state index in [0.717, 1.165) is 0 Å². The van der Waals surface area contributed by atoms with Crippen LogP contribution in [0, 0.1) is 11.6 Å². The van der Waals surface area contributed by atoms with Gasteiger partial charge in [-0.2, -0.15) is 5.10 Å². The van der Waals surface area contributed by atoms with E-state index in [0.29, 0.717) is 23.4 Å². The highest BCUT2D eigenvalue weighted by molar-refractivity contribution is 5.93. The third-order valence-electron chi connectivity index (χ3n) is 3.83. The Hall–Kier alpha value is -3.02. The van der Waals surface area contributed by atoms with Gasteiger partial charge in [0, 0.05) is 24.2 Å². The molecule has 0 bridgehead atoms. The van der Waals surface area contributed by atoms with Crippen molar-refractivity contribution in [3.63, 3.8) is 0 Å². The fourth-order valence-electron chi connectivity index (χ4n) is 2.56. The molecule has 1 amide bonds. The van der Waals surface area contributed by atoms with Crippen molar-refractivity contribution in [3.8, 4) is 11.3 Å². The highest BCUT2D eigenvalue weighted by Gasteiger charge is 2.15. The molecule has 0 aliphatic rings.